The number of nitrogens with one attached hydrogen (secondary N) is 2. The average molecular weight is 430 g/mol. The lowest BCUT2D eigenvalue weighted by Gasteiger charge is -2.20. The van der Waals surface area contributed by atoms with Crippen molar-refractivity contribution in [1.82, 2.24) is 10.6 Å². The fraction of sp³-hybridized carbons (Fsp3) is 0.471. The van der Waals surface area contributed by atoms with Gasteiger partial charge in [-0.15, -0.1) is 0 Å². The predicted molar refractivity (Wildman–Crippen MR) is 107 cm³/mol. The summed E-state index contributed by atoms with van der Waals surface area (Å²) in [7, 11) is -1.70. The van der Waals surface area contributed by atoms with Crippen LogP contribution >= 0.6 is 23.2 Å². The summed E-state index contributed by atoms with van der Waals surface area (Å²) in [6.45, 7) is 3.93. The van der Waals surface area contributed by atoms with Crippen molar-refractivity contribution in [3.8, 4) is 0 Å². The molecule has 2 atom stereocenters. The molecule has 0 bridgehead atoms. The summed E-state index contributed by atoms with van der Waals surface area (Å²) in [5.41, 5.74) is 0.702. The van der Waals surface area contributed by atoms with Crippen LogP contribution in [0.1, 0.15) is 32.3 Å². The zero-order chi connectivity index (χ0) is 20.8. The molecule has 0 saturated carbocycles. The van der Waals surface area contributed by atoms with Crippen LogP contribution in [0.4, 0.5) is 0 Å². The van der Waals surface area contributed by atoms with Gasteiger partial charge in [-0.25, -0.2) is 0 Å². The first kappa shape index (κ1) is 22.5. The molecule has 2 amide bonds. The van der Waals surface area contributed by atoms with E-state index in [9.17, 15) is 19.6 Å². The van der Waals surface area contributed by atoms with Crippen molar-refractivity contribution in [2.24, 2.45) is 11.1 Å². The van der Waals surface area contributed by atoms with Gasteiger partial charge in [0.2, 0.25) is 6.10 Å². The molecule has 0 saturated heterocycles. The van der Waals surface area contributed by atoms with Crippen LogP contribution < -0.4 is 10.6 Å². The maximum atomic E-state index is 12.3. The molecule has 4 N–H and O–H groups in total. The maximum Gasteiger partial charge on any atom is 0.475 e. The van der Waals surface area contributed by atoms with E-state index in [1.807, 2.05) is 13.8 Å². The van der Waals surface area contributed by atoms with Gasteiger partial charge < -0.3 is 25.5 Å². The highest BCUT2D eigenvalue weighted by Gasteiger charge is 2.35. The molecule has 0 spiro atoms. The molecule has 8 nitrogen and oxygen atoms in total. The normalized spacial score (nSPS) is 17.0. The molecule has 28 heavy (non-hydrogen) atoms. The second kappa shape index (κ2) is 10.1. The largest absolute Gasteiger partial charge is 0.475 e. The quantitative estimate of drug-likeness (QED) is 0.464. The van der Waals surface area contributed by atoms with Gasteiger partial charge in [-0.1, -0.05) is 42.2 Å². The van der Waals surface area contributed by atoms with E-state index in [0.717, 1.165) is 0 Å². The Kier molecular flexibility index (Phi) is 8.12. The van der Waals surface area contributed by atoms with E-state index < -0.39 is 31.0 Å². The molecule has 1 aliphatic rings. The van der Waals surface area contributed by atoms with Gasteiger partial charge in [0.1, 0.15) is 5.71 Å². The fourth-order valence-corrected chi connectivity index (χ4v) is 3.03. The minimum absolute atomic E-state index is 0.0309. The van der Waals surface area contributed by atoms with E-state index in [-0.39, 0.29) is 24.6 Å². The third-order valence-electron chi connectivity index (χ3n) is 4.08. The van der Waals surface area contributed by atoms with Crippen molar-refractivity contribution < 1.29 is 24.5 Å². The molecule has 0 fully saturated rings. The Morgan fingerprint density at radius 3 is 2.71 bits per heavy atom. The monoisotopic (exact) mass is 429 g/mol. The summed E-state index contributed by atoms with van der Waals surface area (Å²) >= 11 is 12.0. The predicted octanol–water partition coefficient (Wildman–Crippen LogP) is 1.30. The minimum atomic E-state index is -1.70. The molecule has 1 heterocycles. The summed E-state index contributed by atoms with van der Waals surface area (Å²) in [6.07, 6.45) is -0.661. The smallest absolute Gasteiger partial charge is 0.426 e. The number of hydrogen-bond donors (Lipinski definition) is 4. The SMILES string of the molecule is CC(C)CC(NC(=O)C1CC(C(=O)NCc2cc(Cl)ccc2Cl)=NO1)B(O)O. The number of oxime groups is 1. The molecule has 1 aliphatic heterocycles. The molecule has 11 heteroatoms. The van der Waals surface area contributed by atoms with Crippen LogP contribution in [-0.4, -0.2) is 46.7 Å². The van der Waals surface area contributed by atoms with Crippen molar-refractivity contribution in [3.05, 3.63) is 33.8 Å². The molecule has 1 aromatic carbocycles. The van der Waals surface area contributed by atoms with Gasteiger partial charge in [0.15, 0.2) is 0 Å². The van der Waals surface area contributed by atoms with Crippen molar-refractivity contribution in [2.45, 2.75) is 45.3 Å². The van der Waals surface area contributed by atoms with Gasteiger partial charge >= 0.3 is 7.12 Å². The summed E-state index contributed by atoms with van der Waals surface area (Å²) in [4.78, 5) is 29.6. The van der Waals surface area contributed by atoms with E-state index in [0.29, 0.717) is 22.0 Å². The topological polar surface area (TPSA) is 120 Å². The van der Waals surface area contributed by atoms with Crippen molar-refractivity contribution >= 4 is 47.8 Å². The van der Waals surface area contributed by atoms with Crippen LogP contribution in [0.15, 0.2) is 23.4 Å². The summed E-state index contributed by atoms with van der Waals surface area (Å²) in [5.74, 6) is -1.75. The van der Waals surface area contributed by atoms with Crippen molar-refractivity contribution in [1.29, 1.82) is 0 Å². The Labute approximate surface area is 173 Å². The highest BCUT2D eigenvalue weighted by molar-refractivity contribution is 6.43. The van der Waals surface area contributed by atoms with Crippen LogP contribution in [0.3, 0.4) is 0 Å². The van der Waals surface area contributed by atoms with E-state index >= 15 is 0 Å². The third kappa shape index (κ3) is 6.37. The van der Waals surface area contributed by atoms with Crippen LogP contribution in [-0.2, 0) is 21.0 Å². The van der Waals surface area contributed by atoms with E-state index in [1.54, 1.807) is 18.2 Å². The summed E-state index contributed by atoms with van der Waals surface area (Å²) in [6, 6.07) is 4.91. The molecule has 1 aromatic rings. The number of rotatable bonds is 8. The zero-order valence-electron chi connectivity index (χ0n) is 15.5. The number of benzene rings is 1. The van der Waals surface area contributed by atoms with Gasteiger partial charge in [0.05, 0.1) is 5.94 Å². The Morgan fingerprint density at radius 2 is 2.07 bits per heavy atom. The van der Waals surface area contributed by atoms with Crippen LogP contribution in [0.2, 0.25) is 10.0 Å². The van der Waals surface area contributed by atoms with Gasteiger partial charge in [0.25, 0.3) is 11.8 Å². The number of halogens is 2. The minimum Gasteiger partial charge on any atom is -0.426 e. The third-order valence-corrected chi connectivity index (χ3v) is 4.69. The zero-order valence-corrected chi connectivity index (χ0v) is 17.0. The first-order valence-electron chi connectivity index (χ1n) is 8.78. The Morgan fingerprint density at radius 1 is 1.36 bits per heavy atom. The highest BCUT2D eigenvalue weighted by Crippen LogP contribution is 2.20. The van der Waals surface area contributed by atoms with E-state index in [4.69, 9.17) is 28.0 Å². The summed E-state index contributed by atoms with van der Waals surface area (Å²) in [5, 5.41) is 28.6. The molecular weight excluding hydrogens is 408 g/mol. The second-order valence-electron chi connectivity index (χ2n) is 6.91. The average Bonchev–Trinajstić information content (AvgIpc) is 3.11. The molecule has 0 aliphatic carbocycles. The van der Waals surface area contributed by atoms with Crippen LogP contribution in [0.25, 0.3) is 0 Å². The lowest BCUT2D eigenvalue weighted by molar-refractivity contribution is -0.131. The molecule has 2 unspecified atom stereocenters. The molecule has 0 aromatic heterocycles. The maximum absolute atomic E-state index is 12.3. The van der Waals surface area contributed by atoms with Crippen LogP contribution in [0.5, 0.6) is 0 Å². The number of nitrogens with zero attached hydrogens (tertiary/aromatic N) is 1. The lowest BCUT2D eigenvalue weighted by Crippen LogP contribution is -2.50. The van der Waals surface area contributed by atoms with Crippen LogP contribution in [0, 0.1) is 5.92 Å². The van der Waals surface area contributed by atoms with Gasteiger partial charge in [0, 0.05) is 23.0 Å². The van der Waals surface area contributed by atoms with Gasteiger partial charge in [-0.05, 0) is 36.1 Å². The van der Waals surface area contributed by atoms with Gasteiger partial charge in [-0.3, -0.25) is 9.59 Å². The molecule has 0 radical (unpaired) electrons. The Balaban J connectivity index is 1.87. The standard InChI is InChI=1S/C17H22BCl2N3O5/c1-9(2)5-15(18(26)27)22-17(25)14-7-13(23-28-14)16(24)21-8-10-6-11(19)3-4-12(10)20/h3-4,6,9,14-15,26-27H,5,7-8H2,1-2H3,(H,21,24)(H,22,25). The fourth-order valence-electron chi connectivity index (χ4n) is 2.65. The lowest BCUT2D eigenvalue weighted by atomic mass is 9.75. The molecular formula is C17H22BCl2N3O5. The van der Waals surface area contributed by atoms with Gasteiger partial charge in [-0.2, -0.15) is 0 Å². The Hall–Kier alpha value is -1.81. The first-order valence-corrected chi connectivity index (χ1v) is 9.54. The highest BCUT2D eigenvalue weighted by atomic mass is 35.5. The van der Waals surface area contributed by atoms with E-state index in [1.165, 1.54) is 0 Å². The Bertz CT molecular complexity index is 760. The number of amides is 2. The van der Waals surface area contributed by atoms with Crippen molar-refractivity contribution in [3.63, 3.8) is 0 Å². The van der Waals surface area contributed by atoms with Crippen molar-refractivity contribution in [2.75, 3.05) is 0 Å². The number of carbonyl (C=O) groups excluding carboxylic acids is 2. The molecule has 2 rings (SSSR count). The summed E-state index contributed by atoms with van der Waals surface area (Å²) < 4.78 is 0. The number of carbonyl (C=O) groups is 2. The first-order chi connectivity index (χ1) is 13.2. The molecule has 152 valence electrons. The second-order valence-corrected chi connectivity index (χ2v) is 7.76. The number of hydrogen-bond acceptors (Lipinski definition) is 6. The van der Waals surface area contributed by atoms with E-state index in [2.05, 4.69) is 15.8 Å².